The molecule has 0 spiro atoms. The lowest BCUT2D eigenvalue weighted by molar-refractivity contribution is -0.790. The topological polar surface area (TPSA) is 319 Å². The minimum Gasteiger partial charge on any atom is -0.462 e. The van der Waals surface area contributed by atoms with E-state index < -0.39 is 112 Å². The number of rotatable bonds is 20. The van der Waals surface area contributed by atoms with Gasteiger partial charge in [-0.25, -0.2) is 4.79 Å². The van der Waals surface area contributed by atoms with Gasteiger partial charge < -0.3 is 39.1 Å². The molecule has 0 aromatic carbocycles. The van der Waals surface area contributed by atoms with E-state index in [1.807, 2.05) is 13.0 Å². The van der Waals surface area contributed by atoms with Crippen molar-refractivity contribution >= 4 is 35.4 Å². The summed E-state index contributed by atoms with van der Waals surface area (Å²) in [4.78, 5) is 122. The van der Waals surface area contributed by atoms with Crippen molar-refractivity contribution in [1.82, 2.24) is 5.32 Å². The SMILES string of the molecule is CC(=O)NC(CC(=O)OCC(=O)[C@@]1(OC(=O)CCCO[N+](=O)[O-])CCC2C3CC=C4CC(=O)C=C[C@]4(C)[C@H]3[C@@H](O)C[C@@]21C)C(=O)OCC(CO[N+](=O)[O-])O[N+](=O)[O-]. The van der Waals surface area contributed by atoms with Gasteiger partial charge in [0.1, 0.15) is 19.3 Å². The predicted octanol–water partition coefficient (Wildman–Crippen LogP) is 0.871. The van der Waals surface area contributed by atoms with Gasteiger partial charge in [0, 0.05) is 36.5 Å². The summed E-state index contributed by atoms with van der Waals surface area (Å²) in [6.45, 7) is 1.26. The zero-order valence-electron chi connectivity index (χ0n) is 31.3. The lowest BCUT2D eigenvalue weighted by Crippen LogP contribution is -2.63. The average Bonchev–Trinajstić information content (AvgIpc) is 3.41. The van der Waals surface area contributed by atoms with E-state index in [0.29, 0.717) is 12.8 Å². The smallest absolute Gasteiger partial charge is 0.329 e. The van der Waals surface area contributed by atoms with Crippen molar-refractivity contribution < 1.29 is 77.9 Å². The third-order valence-corrected chi connectivity index (χ3v) is 11.4. The number of allylic oxidation sites excluding steroid dienone is 4. The number of ketones is 2. The molecule has 2 saturated carbocycles. The molecule has 57 heavy (non-hydrogen) atoms. The number of esters is 3. The van der Waals surface area contributed by atoms with Gasteiger partial charge in [0.05, 0.1) is 19.1 Å². The molecule has 4 aliphatic rings. The third kappa shape index (κ3) is 9.99. The average molecular weight is 813 g/mol. The van der Waals surface area contributed by atoms with Crippen LogP contribution in [0.15, 0.2) is 23.8 Å². The minimum atomic E-state index is -1.96. The van der Waals surface area contributed by atoms with Crippen LogP contribution in [0.3, 0.4) is 0 Å². The Labute approximate surface area is 323 Å². The van der Waals surface area contributed by atoms with Crippen LogP contribution < -0.4 is 5.32 Å². The maximum absolute atomic E-state index is 14.4. The number of hydrogen-bond acceptors (Lipinski definition) is 19. The molecular weight excluding hydrogens is 768 g/mol. The van der Waals surface area contributed by atoms with Crippen LogP contribution in [0.2, 0.25) is 0 Å². The van der Waals surface area contributed by atoms with E-state index in [-0.39, 0.29) is 55.6 Å². The van der Waals surface area contributed by atoms with Gasteiger partial charge in [0.15, 0.2) is 24.1 Å². The molecule has 0 aromatic rings. The summed E-state index contributed by atoms with van der Waals surface area (Å²) < 4.78 is 16.1. The van der Waals surface area contributed by atoms with Crippen molar-refractivity contribution in [3.63, 3.8) is 0 Å². The summed E-state index contributed by atoms with van der Waals surface area (Å²) in [5.41, 5.74) is -2.93. The van der Waals surface area contributed by atoms with E-state index in [9.17, 15) is 64.2 Å². The van der Waals surface area contributed by atoms with Crippen LogP contribution in [0.25, 0.3) is 0 Å². The maximum atomic E-state index is 14.4. The Bertz CT molecular complexity index is 1720. The summed E-state index contributed by atoms with van der Waals surface area (Å²) in [5, 5.41) is 42.2. The fourth-order valence-corrected chi connectivity index (χ4v) is 9.08. The van der Waals surface area contributed by atoms with Gasteiger partial charge in [-0.3, -0.25) is 24.0 Å². The third-order valence-electron chi connectivity index (χ3n) is 11.4. The number of carbonyl (C=O) groups excluding carboxylic acids is 6. The highest BCUT2D eigenvalue weighted by Gasteiger charge is 2.70. The summed E-state index contributed by atoms with van der Waals surface area (Å²) in [6.07, 6.45) is 2.05. The van der Waals surface area contributed by atoms with Crippen LogP contribution in [0, 0.1) is 58.9 Å². The molecule has 0 saturated heterocycles. The Morgan fingerprint density at radius 3 is 2.35 bits per heavy atom. The van der Waals surface area contributed by atoms with Crippen molar-refractivity contribution in [3.8, 4) is 0 Å². The highest BCUT2D eigenvalue weighted by molar-refractivity contribution is 5.95. The number of ether oxygens (including phenoxy) is 3. The van der Waals surface area contributed by atoms with Crippen LogP contribution in [-0.4, -0.2) is 106 Å². The van der Waals surface area contributed by atoms with Crippen LogP contribution in [0.4, 0.5) is 0 Å². The second kappa shape index (κ2) is 18.0. The lowest BCUT2D eigenvalue weighted by atomic mass is 9.47. The van der Waals surface area contributed by atoms with E-state index in [2.05, 4.69) is 19.8 Å². The van der Waals surface area contributed by atoms with Crippen LogP contribution in [0.1, 0.15) is 72.1 Å². The van der Waals surface area contributed by atoms with Gasteiger partial charge >= 0.3 is 17.9 Å². The van der Waals surface area contributed by atoms with E-state index in [1.165, 1.54) is 6.08 Å². The van der Waals surface area contributed by atoms with Crippen molar-refractivity contribution in [2.45, 2.75) is 96.0 Å². The number of nitrogens with zero attached hydrogens (tertiary/aromatic N) is 3. The standard InChI is InChI=1S/C34H44N4O19/c1-19(39)35-25(31(45)53-16-22(57-38(50)51)17-55-37(48)49)14-29(44)52-18-27(42)34(56-28(43)5-4-12-54-36(46)47)11-9-24-23-7-6-20-13-21(40)8-10-32(20,2)30(23)26(41)15-33(24,34)3/h6,8,10,22-26,30,41H,4-5,7,9,11-18H2,1-3H3,(H,35,39)/t22?,23?,24?,25?,26-,30+,32-,33-,34-/m0/s1. The van der Waals surface area contributed by atoms with Crippen LogP contribution in [-0.2, 0) is 57.5 Å². The molecule has 0 aliphatic heterocycles. The molecule has 4 aliphatic carbocycles. The molecule has 4 rings (SSSR count). The van der Waals surface area contributed by atoms with E-state index in [1.54, 1.807) is 13.0 Å². The summed E-state index contributed by atoms with van der Waals surface area (Å²) >= 11 is 0. The number of amides is 1. The van der Waals surface area contributed by atoms with E-state index >= 15 is 0 Å². The predicted molar refractivity (Wildman–Crippen MR) is 183 cm³/mol. The zero-order chi connectivity index (χ0) is 42.3. The molecule has 0 radical (unpaired) electrons. The maximum Gasteiger partial charge on any atom is 0.329 e. The molecule has 23 heteroatoms. The molecule has 0 aromatic heterocycles. The summed E-state index contributed by atoms with van der Waals surface area (Å²) in [6, 6.07) is -1.76. The number of carbonyl (C=O) groups is 6. The van der Waals surface area contributed by atoms with Gasteiger partial charge in [-0.1, -0.05) is 31.6 Å². The molecule has 23 nitrogen and oxygen atoms in total. The molecule has 0 heterocycles. The zero-order valence-corrected chi connectivity index (χ0v) is 31.3. The Kier molecular flexibility index (Phi) is 13.9. The summed E-state index contributed by atoms with van der Waals surface area (Å²) in [5.74, 6) is -6.05. The summed E-state index contributed by atoms with van der Waals surface area (Å²) in [7, 11) is 0. The van der Waals surface area contributed by atoms with E-state index in [4.69, 9.17) is 14.2 Å². The fourth-order valence-electron chi connectivity index (χ4n) is 9.08. The van der Waals surface area contributed by atoms with Gasteiger partial charge in [0.25, 0.3) is 15.3 Å². The largest absolute Gasteiger partial charge is 0.462 e. The number of Topliss-reactive ketones (excluding diaryl/α,β-unsaturated/α-hetero) is 1. The second-order valence-electron chi connectivity index (χ2n) is 14.9. The first-order valence-electron chi connectivity index (χ1n) is 18.0. The molecular formula is C34H44N4O19. The van der Waals surface area contributed by atoms with Gasteiger partial charge in [0.2, 0.25) is 11.7 Å². The number of aliphatic hydroxyl groups is 1. The molecule has 2 fully saturated rings. The fraction of sp³-hybridized carbons (Fsp3) is 0.706. The van der Waals surface area contributed by atoms with Crippen molar-refractivity contribution in [2.24, 2.45) is 28.6 Å². The van der Waals surface area contributed by atoms with Gasteiger partial charge in [-0.2, -0.15) is 0 Å². The Morgan fingerprint density at radius 2 is 1.70 bits per heavy atom. The van der Waals surface area contributed by atoms with Crippen LogP contribution >= 0.6 is 0 Å². The van der Waals surface area contributed by atoms with Gasteiger partial charge in [-0.05, 0) is 50.0 Å². The molecule has 2 N–H and O–H groups in total. The molecule has 9 atom stereocenters. The number of fused-ring (bicyclic) bond motifs is 5. The molecule has 1 amide bonds. The number of hydrogen-bond donors (Lipinski definition) is 2. The molecule has 314 valence electrons. The normalized spacial score (nSPS) is 29.4. The highest BCUT2D eigenvalue weighted by atomic mass is 17.0. The quantitative estimate of drug-likeness (QED) is 0.0430. The first kappa shape index (κ1) is 44.0. The van der Waals surface area contributed by atoms with Gasteiger partial charge in [-0.15, -0.1) is 30.3 Å². The first-order valence-corrected chi connectivity index (χ1v) is 18.0. The first-order chi connectivity index (χ1) is 26.7. The van der Waals surface area contributed by atoms with Crippen molar-refractivity contribution in [3.05, 3.63) is 54.1 Å². The Morgan fingerprint density at radius 1 is 1.00 bits per heavy atom. The van der Waals surface area contributed by atoms with Crippen molar-refractivity contribution in [2.75, 3.05) is 26.4 Å². The lowest BCUT2D eigenvalue weighted by Gasteiger charge is -2.59. The number of nitrogens with one attached hydrogen (secondary N) is 1. The Balaban J connectivity index is 1.53. The monoisotopic (exact) mass is 812 g/mol. The minimum absolute atomic E-state index is 0.0226. The van der Waals surface area contributed by atoms with Crippen LogP contribution in [0.5, 0.6) is 0 Å². The number of aliphatic hydroxyl groups excluding tert-OH is 1. The van der Waals surface area contributed by atoms with Crippen molar-refractivity contribution in [1.29, 1.82) is 0 Å². The molecule has 4 unspecified atom stereocenters. The highest BCUT2D eigenvalue weighted by Crippen LogP contribution is 2.67. The van der Waals surface area contributed by atoms with E-state index in [0.717, 1.165) is 12.5 Å². The Hall–Kier alpha value is -5.74. The second-order valence-corrected chi connectivity index (χ2v) is 14.9. The molecule has 0 bridgehead atoms.